The summed E-state index contributed by atoms with van der Waals surface area (Å²) in [5.41, 5.74) is 1.35. The van der Waals surface area contributed by atoms with Gasteiger partial charge in [-0.25, -0.2) is 0 Å². The van der Waals surface area contributed by atoms with Crippen molar-refractivity contribution in [1.29, 1.82) is 0 Å². The summed E-state index contributed by atoms with van der Waals surface area (Å²) in [6.07, 6.45) is 7.49. The summed E-state index contributed by atoms with van der Waals surface area (Å²) < 4.78 is 1.14. The fourth-order valence-corrected chi connectivity index (χ4v) is 5.52. The van der Waals surface area contributed by atoms with Crippen LogP contribution in [0.3, 0.4) is 0 Å². The Labute approximate surface area is 159 Å². The van der Waals surface area contributed by atoms with E-state index in [1.165, 1.54) is 31.2 Å². The van der Waals surface area contributed by atoms with Crippen LogP contribution in [0.1, 0.15) is 44.1 Å². The van der Waals surface area contributed by atoms with Gasteiger partial charge in [-0.1, -0.05) is 40.9 Å². The third-order valence-electron chi connectivity index (χ3n) is 6.52. The van der Waals surface area contributed by atoms with E-state index in [1.54, 1.807) is 0 Å². The number of carbonyl (C=O) groups is 1. The molecule has 2 saturated heterocycles. The summed E-state index contributed by atoms with van der Waals surface area (Å²) in [4.78, 5) is 17.7. The van der Waals surface area contributed by atoms with Crippen LogP contribution in [0.4, 0.5) is 0 Å². The zero-order valence-electron chi connectivity index (χ0n) is 15.0. The first-order chi connectivity index (χ1) is 12.2. The van der Waals surface area contributed by atoms with Crippen molar-refractivity contribution in [2.24, 2.45) is 17.8 Å². The number of rotatable bonds is 3. The van der Waals surface area contributed by atoms with Gasteiger partial charge in [0.25, 0.3) is 0 Å². The van der Waals surface area contributed by atoms with Crippen LogP contribution in [0.25, 0.3) is 0 Å². The first kappa shape index (κ1) is 17.5. The monoisotopic (exact) mass is 404 g/mol. The van der Waals surface area contributed by atoms with Crippen LogP contribution < -0.4 is 0 Å². The standard InChI is InChI=1S/C21H29BrN2O/c22-20-7-3-4-16(12-20)13-23-10-8-17(9-11-23)21(25)24-14-18-5-1-2-6-19(18)15-24/h3-4,7,12,17-19H,1-2,5-6,8-11,13-15H2. The molecule has 3 nitrogen and oxygen atoms in total. The quantitative estimate of drug-likeness (QED) is 0.748. The molecule has 2 atom stereocenters. The number of hydrogen-bond donors (Lipinski definition) is 0. The predicted molar refractivity (Wildman–Crippen MR) is 104 cm³/mol. The second-order valence-electron chi connectivity index (χ2n) is 8.23. The fraction of sp³-hybridized carbons (Fsp3) is 0.667. The van der Waals surface area contributed by atoms with Gasteiger partial charge in [-0.15, -0.1) is 0 Å². The molecule has 0 aromatic heterocycles. The number of amides is 1. The van der Waals surface area contributed by atoms with Crippen LogP contribution in [0.5, 0.6) is 0 Å². The number of piperidine rings is 1. The van der Waals surface area contributed by atoms with Crippen LogP contribution in [-0.4, -0.2) is 41.9 Å². The number of halogens is 1. The van der Waals surface area contributed by atoms with E-state index in [4.69, 9.17) is 0 Å². The SMILES string of the molecule is O=C(C1CCN(Cc2cccc(Br)c2)CC1)N1CC2CCCCC2C1. The minimum atomic E-state index is 0.263. The highest BCUT2D eigenvalue weighted by atomic mass is 79.9. The lowest BCUT2D eigenvalue weighted by Crippen LogP contribution is -2.41. The van der Waals surface area contributed by atoms with Gasteiger partial charge in [-0.05, 0) is 68.3 Å². The van der Waals surface area contributed by atoms with E-state index in [9.17, 15) is 4.79 Å². The summed E-state index contributed by atoms with van der Waals surface area (Å²) in [5.74, 6) is 2.32. The molecule has 4 rings (SSSR count). The highest BCUT2D eigenvalue weighted by Crippen LogP contribution is 2.37. The topological polar surface area (TPSA) is 23.6 Å². The Bertz CT molecular complexity index is 598. The molecule has 2 heterocycles. The normalized spacial score (nSPS) is 28.1. The first-order valence-corrected chi connectivity index (χ1v) is 10.7. The second-order valence-corrected chi connectivity index (χ2v) is 9.14. The molecule has 0 spiro atoms. The van der Waals surface area contributed by atoms with Crippen molar-refractivity contribution in [3.8, 4) is 0 Å². The van der Waals surface area contributed by atoms with Crippen molar-refractivity contribution in [2.45, 2.75) is 45.1 Å². The second kappa shape index (κ2) is 7.79. The van der Waals surface area contributed by atoms with Gasteiger partial charge < -0.3 is 4.90 Å². The lowest BCUT2D eigenvalue weighted by molar-refractivity contribution is -0.136. The van der Waals surface area contributed by atoms with Gasteiger partial charge in [0, 0.05) is 30.0 Å². The van der Waals surface area contributed by atoms with E-state index in [0.717, 1.165) is 61.9 Å². The molecule has 1 aromatic rings. The Hall–Kier alpha value is -0.870. The van der Waals surface area contributed by atoms with Gasteiger partial charge >= 0.3 is 0 Å². The smallest absolute Gasteiger partial charge is 0.225 e. The largest absolute Gasteiger partial charge is 0.342 e. The molecule has 136 valence electrons. The van der Waals surface area contributed by atoms with E-state index in [-0.39, 0.29) is 5.92 Å². The van der Waals surface area contributed by atoms with Gasteiger partial charge in [0.1, 0.15) is 0 Å². The summed E-state index contributed by atoms with van der Waals surface area (Å²) in [5, 5.41) is 0. The van der Waals surface area contributed by atoms with E-state index < -0.39 is 0 Å². The zero-order valence-corrected chi connectivity index (χ0v) is 16.6. The molecule has 0 radical (unpaired) electrons. The Balaban J connectivity index is 1.27. The van der Waals surface area contributed by atoms with Crippen LogP contribution >= 0.6 is 15.9 Å². The minimum Gasteiger partial charge on any atom is -0.342 e. The van der Waals surface area contributed by atoms with E-state index >= 15 is 0 Å². The molecule has 1 aromatic carbocycles. The Kier molecular flexibility index (Phi) is 5.47. The summed E-state index contributed by atoms with van der Waals surface area (Å²) in [6, 6.07) is 8.56. The highest BCUT2D eigenvalue weighted by Gasteiger charge is 2.38. The molecule has 3 aliphatic rings. The maximum absolute atomic E-state index is 13.0. The number of fused-ring (bicyclic) bond motifs is 1. The number of carbonyl (C=O) groups excluding carboxylic acids is 1. The molecule has 3 fully saturated rings. The minimum absolute atomic E-state index is 0.263. The molecule has 25 heavy (non-hydrogen) atoms. The molecule has 4 heteroatoms. The van der Waals surface area contributed by atoms with E-state index in [1.807, 2.05) is 0 Å². The predicted octanol–water partition coefficient (Wildman–Crippen LogP) is 4.31. The fourth-order valence-electron chi connectivity index (χ4n) is 5.08. The maximum atomic E-state index is 13.0. The van der Waals surface area contributed by atoms with Crippen molar-refractivity contribution in [1.82, 2.24) is 9.80 Å². The lowest BCUT2D eigenvalue weighted by atomic mass is 9.82. The number of likely N-dealkylation sites (tertiary alicyclic amines) is 2. The van der Waals surface area contributed by atoms with Crippen molar-refractivity contribution in [3.05, 3.63) is 34.3 Å². The van der Waals surface area contributed by atoms with Crippen molar-refractivity contribution in [2.75, 3.05) is 26.2 Å². The van der Waals surface area contributed by atoms with Gasteiger partial charge in [0.2, 0.25) is 5.91 Å². The molecule has 2 unspecified atom stereocenters. The van der Waals surface area contributed by atoms with Crippen LogP contribution in [0, 0.1) is 17.8 Å². The van der Waals surface area contributed by atoms with Crippen LogP contribution in [0.2, 0.25) is 0 Å². The summed E-state index contributed by atoms with van der Waals surface area (Å²) >= 11 is 3.55. The molecule has 0 N–H and O–H groups in total. The average molecular weight is 405 g/mol. The van der Waals surface area contributed by atoms with E-state index in [0.29, 0.717) is 5.91 Å². The van der Waals surface area contributed by atoms with Crippen LogP contribution in [0.15, 0.2) is 28.7 Å². The van der Waals surface area contributed by atoms with Gasteiger partial charge in [0.05, 0.1) is 0 Å². The van der Waals surface area contributed by atoms with Crippen LogP contribution in [-0.2, 0) is 11.3 Å². The van der Waals surface area contributed by atoms with Gasteiger partial charge in [0.15, 0.2) is 0 Å². The number of hydrogen-bond acceptors (Lipinski definition) is 2. The molecule has 2 aliphatic heterocycles. The van der Waals surface area contributed by atoms with Crippen molar-refractivity contribution in [3.63, 3.8) is 0 Å². The molecular weight excluding hydrogens is 376 g/mol. The summed E-state index contributed by atoms with van der Waals surface area (Å²) in [7, 11) is 0. The molecular formula is C21H29BrN2O. The average Bonchev–Trinajstić information content (AvgIpc) is 3.06. The van der Waals surface area contributed by atoms with Crippen molar-refractivity contribution < 1.29 is 4.79 Å². The van der Waals surface area contributed by atoms with Gasteiger partial charge in [-0.3, -0.25) is 9.69 Å². The Morgan fingerprint density at radius 2 is 1.72 bits per heavy atom. The summed E-state index contributed by atoms with van der Waals surface area (Å²) in [6.45, 7) is 5.17. The number of benzene rings is 1. The Morgan fingerprint density at radius 3 is 2.36 bits per heavy atom. The van der Waals surface area contributed by atoms with Gasteiger partial charge in [-0.2, -0.15) is 0 Å². The zero-order chi connectivity index (χ0) is 17.2. The third kappa shape index (κ3) is 4.11. The Morgan fingerprint density at radius 1 is 1.04 bits per heavy atom. The molecule has 0 bridgehead atoms. The molecule has 1 amide bonds. The first-order valence-electron chi connectivity index (χ1n) is 9.94. The number of nitrogens with zero attached hydrogens (tertiary/aromatic N) is 2. The van der Waals surface area contributed by atoms with Crippen molar-refractivity contribution >= 4 is 21.8 Å². The highest BCUT2D eigenvalue weighted by molar-refractivity contribution is 9.10. The van der Waals surface area contributed by atoms with E-state index in [2.05, 4.69) is 50.0 Å². The molecule has 1 saturated carbocycles. The molecule has 1 aliphatic carbocycles. The third-order valence-corrected chi connectivity index (χ3v) is 7.01. The maximum Gasteiger partial charge on any atom is 0.225 e. The lowest BCUT2D eigenvalue weighted by Gasteiger charge is -2.33.